The molecule has 0 bridgehead atoms. The van der Waals surface area contributed by atoms with Gasteiger partial charge in [-0.15, -0.1) is 0 Å². The maximum Gasteiger partial charge on any atom is 0.343 e. The molecule has 0 atom stereocenters. The molecule has 1 aromatic heterocycles. The van der Waals surface area contributed by atoms with E-state index >= 15 is 0 Å². The van der Waals surface area contributed by atoms with Gasteiger partial charge in [0.1, 0.15) is 5.75 Å². The lowest BCUT2D eigenvalue weighted by Crippen LogP contribution is -2.08. The Morgan fingerprint density at radius 3 is 2.23 bits per heavy atom. The molecule has 1 heterocycles. The van der Waals surface area contributed by atoms with E-state index in [-0.39, 0.29) is 5.97 Å². The number of hydrogen-bond acceptors (Lipinski definition) is 4. The largest absolute Gasteiger partial charge is 0.423 e. The molecule has 0 spiro atoms. The first-order chi connectivity index (χ1) is 14.7. The maximum atomic E-state index is 12.4. The van der Waals surface area contributed by atoms with E-state index in [1.807, 2.05) is 54.7 Å². The molecule has 0 saturated carbocycles. The molecule has 0 aliphatic heterocycles. The number of esters is 1. The second-order valence-electron chi connectivity index (χ2n) is 7.32. The smallest absolute Gasteiger partial charge is 0.343 e. The predicted molar refractivity (Wildman–Crippen MR) is 120 cm³/mol. The van der Waals surface area contributed by atoms with Crippen LogP contribution in [0.1, 0.15) is 54.6 Å². The summed E-state index contributed by atoms with van der Waals surface area (Å²) >= 11 is 0. The number of carbonyl (C=O) groups excluding carboxylic acids is 1. The number of aryl methyl sites for hydroxylation is 1. The van der Waals surface area contributed by atoms with Gasteiger partial charge < -0.3 is 9.47 Å². The van der Waals surface area contributed by atoms with Gasteiger partial charge in [0.2, 0.25) is 0 Å². The Morgan fingerprint density at radius 1 is 0.867 bits per heavy atom. The summed E-state index contributed by atoms with van der Waals surface area (Å²) in [5.41, 5.74) is 4.69. The minimum absolute atomic E-state index is 0.348. The van der Waals surface area contributed by atoms with E-state index in [1.165, 1.54) is 5.56 Å². The highest BCUT2D eigenvalue weighted by Crippen LogP contribution is 2.22. The van der Waals surface area contributed by atoms with Crippen LogP contribution in [0, 0.1) is 0 Å². The summed E-state index contributed by atoms with van der Waals surface area (Å²) in [6.45, 7) is 5.60. The highest BCUT2D eigenvalue weighted by Gasteiger charge is 2.09. The number of benzene rings is 2. The molecule has 0 aliphatic carbocycles. The molecule has 0 aliphatic rings. The minimum Gasteiger partial charge on any atom is -0.423 e. The van der Waals surface area contributed by atoms with Crippen LogP contribution in [0.3, 0.4) is 0 Å². The lowest BCUT2D eigenvalue weighted by molar-refractivity contribution is 0.0735. The van der Waals surface area contributed by atoms with Crippen molar-refractivity contribution in [2.45, 2.75) is 46.1 Å². The monoisotopic (exact) mass is 403 g/mol. The van der Waals surface area contributed by atoms with E-state index in [9.17, 15) is 4.79 Å². The van der Waals surface area contributed by atoms with Crippen LogP contribution >= 0.6 is 0 Å². The number of hydrogen-bond donors (Lipinski definition) is 0. The fourth-order valence-corrected chi connectivity index (χ4v) is 3.06. The first kappa shape index (κ1) is 21.7. The average Bonchev–Trinajstić information content (AvgIpc) is 2.79. The SMILES string of the molecule is CCCCc1ccc(C(=O)Oc2ccc(-c3ccc(COCCC)cn3)cc2)cc1. The Labute approximate surface area is 178 Å². The van der Waals surface area contributed by atoms with Crippen LogP contribution in [-0.2, 0) is 17.8 Å². The van der Waals surface area contributed by atoms with Gasteiger partial charge in [-0.3, -0.25) is 4.98 Å². The molecule has 0 fully saturated rings. The third-order valence-electron chi connectivity index (χ3n) is 4.81. The predicted octanol–water partition coefficient (Wildman–Crippen LogP) is 6.24. The topological polar surface area (TPSA) is 48.4 Å². The minimum atomic E-state index is -0.348. The number of carbonyl (C=O) groups is 1. The van der Waals surface area contributed by atoms with Crippen molar-refractivity contribution < 1.29 is 14.3 Å². The summed E-state index contributed by atoms with van der Waals surface area (Å²) < 4.78 is 11.0. The third-order valence-corrected chi connectivity index (χ3v) is 4.81. The molecule has 0 N–H and O–H groups in total. The molecule has 0 radical (unpaired) electrons. The lowest BCUT2D eigenvalue weighted by atomic mass is 10.1. The quantitative estimate of drug-likeness (QED) is 0.228. The van der Waals surface area contributed by atoms with Gasteiger partial charge in [-0.05, 0) is 72.9 Å². The van der Waals surface area contributed by atoms with E-state index in [0.29, 0.717) is 17.9 Å². The molecular weight excluding hydrogens is 374 g/mol. The summed E-state index contributed by atoms with van der Waals surface area (Å²) in [7, 11) is 0. The molecule has 0 amide bonds. The van der Waals surface area contributed by atoms with Gasteiger partial charge in [-0.25, -0.2) is 4.79 Å². The summed E-state index contributed by atoms with van der Waals surface area (Å²) in [5, 5.41) is 0. The van der Waals surface area contributed by atoms with Crippen molar-refractivity contribution >= 4 is 5.97 Å². The Balaban J connectivity index is 1.58. The van der Waals surface area contributed by atoms with Crippen LogP contribution in [0.15, 0.2) is 66.9 Å². The molecule has 3 rings (SSSR count). The van der Waals surface area contributed by atoms with Gasteiger partial charge >= 0.3 is 5.97 Å². The lowest BCUT2D eigenvalue weighted by Gasteiger charge is -2.07. The molecule has 4 heteroatoms. The summed E-state index contributed by atoms with van der Waals surface area (Å²) in [6, 6.07) is 19.1. The summed E-state index contributed by atoms with van der Waals surface area (Å²) in [6.07, 6.45) is 6.19. The number of nitrogens with zero attached hydrogens (tertiary/aromatic N) is 1. The fraction of sp³-hybridized carbons (Fsp3) is 0.308. The van der Waals surface area contributed by atoms with E-state index in [4.69, 9.17) is 9.47 Å². The van der Waals surface area contributed by atoms with Crippen LogP contribution in [0.25, 0.3) is 11.3 Å². The zero-order chi connectivity index (χ0) is 21.2. The molecule has 30 heavy (non-hydrogen) atoms. The summed E-state index contributed by atoms with van der Waals surface area (Å²) in [4.78, 5) is 16.9. The van der Waals surface area contributed by atoms with Gasteiger partial charge in [0.15, 0.2) is 0 Å². The Kier molecular flexibility index (Phi) is 8.16. The first-order valence-electron chi connectivity index (χ1n) is 10.6. The standard InChI is InChI=1S/C26H29NO3/c1-3-5-6-20-7-10-23(11-8-20)26(28)30-24-14-12-22(13-15-24)25-16-9-21(18-27-25)19-29-17-4-2/h7-16,18H,3-6,17,19H2,1-2H3. The van der Waals surface area contributed by atoms with Crippen molar-refractivity contribution in [2.75, 3.05) is 6.61 Å². The van der Waals surface area contributed by atoms with E-state index < -0.39 is 0 Å². The number of rotatable bonds is 10. The number of ether oxygens (including phenoxy) is 2. The van der Waals surface area contributed by atoms with Crippen LogP contribution in [0.2, 0.25) is 0 Å². The van der Waals surface area contributed by atoms with E-state index in [0.717, 1.165) is 49.1 Å². The first-order valence-corrected chi connectivity index (χ1v) is 10.6. The highest BCUT2D eigenvalue weighted by molar-refractivity contribution is 5.91. The zero-order valence-electron chi connectivity index (χ0n) is 17.8. The van der Waals surface area contributed by atoms with Gasteiger partial charge in [0, 0.05) is 18.4 Å². The van der Waals surface area contributed by atoms with Crippen LogP contribution < -0.4 is 4.74 Å². The summed E-state index contributed by atoms with van der Waals surface area (Å²) in [5.74, 6) is 0.169. The second kappa shape index (κ2) is 11.3. The number of pyridine rings is 1. The van der Waals surface area contributed by atoms with E-state index in [1.54, 1.807) is 12.1 Å². The van der Waals surface area contributed by atoms with Crippen LogP contribution in [0.4, 0.5) is 0 Å². The van der Waals surface area contributed by atoms with Gasteiger partial charge in [-0.1, -0.05) is 38.5 Å². The molecule has 0 unspecified atom stereocenters. The van der Waals surface area contributed by atoms with Gasteiger partial charge in [-0.2, -0.15) is 0 Å². The average molecular weight is 404 g/mol. The number of aromatic nitrogens is 1. The number of unbranched alkanes of at least 4 members (excludes halogenated alkanes) is 1. The zero-order valence-corrected chi connectivity index (χ0v) is 17.8. The van der Waals surface area contributed by atoms with Crippen LogP contribution in [0.5, 0.6) is 5.75 Å². The highest BCUT2D eigenvalue weighted by atomic mass is 16.5. The Bertz CT molecular complexity index is 916. The molecule has 4 nitrogen and oxygen atoms in total. The molecule has 156 valence electrons. The second-order valence-corrected chi connectivity index (χ2v) is 7.32. The fourth-order valence-electron chi connectivity index (χ4n) is 3.06. The van der Waals surface area contributed by atoms with E-state index in [2.05, 4.69) is 18.8 Å². The third kappa shape index (κ3) is 6.26. The molecule has 3 aromatic rings. The van der Waals surface area contributed by atoms with Crippen molar-refractivity contribution in [3.8, 4) is 17.0 Å². The maximum absolute atomic E-state index is 12.4. The van der Waals surface area contributed by atoms with Gasteiger partial charge in [0.25, 0.3) is 0 Å². The Hall–Kier alpha value is -2.98. The van der Waals surface area contributed by atoms with Gasteiger partial charge in [0.05, 0.1) is 17.9 Å². The normalized spacial score (nSPS) is 10.7. The van der Waals surface area contributed by atoms with Crippen molar-refractivity contribution in [2.24, 2.45) is 0 Å². The molecule has 0 saturated heterocycles. The van der Waals surface area contributed by atoms with Crippen LogP contribution in [-0.4, -0.2) is 17.6 Å². The van der Waals surface area contributed by atoms with Crippen molar-refractivity contribution in [3.63, 3.8) is 0 Å². The van der Waals surface area contributed by atoms with Crippen molar-refractivity contribution in [1.82, 2.24) is 4.98 Å². The molecular formula is C26H29NO3. The van der Waals surface area contributed by atoms with Crippen molar-refractivity contribution in [1.29, 1.82) is 0 Å². The Morgan fingerprint density at radius 2 is 1.60 bits per heavy atom. The van der Waals surface area contributed by atoms with Crippen molar-refractivity contribution in [3.05, 3.63) is 83.6 Å². The molecule has 2 aromatic carbocycles.